The van der Waals surface area contributed by atoms with Crippen LogP contribution in [-0.4, -0.2) is 9.97 Å². The minimum absolute atomic E-state index is 0.572. The zero-order valence-electron chi connectivity index (χ0n) is 15.7. The maximum Gasteiger partial charge on any atom is 0.186 e. The largest absolute Gasteiger partial charge is 0.344 e. The zero-order valence-corrected chi connectivity index (χ0v) is 16.5. The second-order valence-electron chi connectivity index (χ2n) is 6.82. The number of fused-ring (bicyclic) bond motifs is 1. The lowest BCUT2D eigenvalue weighted by molar-refractivity contribution is 0.711. The lowest BCUT2D eigenvalue weighted by atomic mass is 9.77. The van der Waals surface area contributed by atoms with Gasteiger partial charge in [0, 0.05) is 6.20 Å². The third-order valence-electron chi connectivity index (χ3n) is 5.08. The smallest absolute Gasteiger partial charge is 0.186 e. The first-order valence-corrected chi connectivity index (χ1v) is 10.3. The highest BCUT2D eigenvalue weighted by Gasteiger charge is 2.37. The molecule has 3 aromatic carbocycles. The molecule has 0 radical (unpaired) electrons. The molecule has 29 heavy (non-hydrogen) atoms. The Morgan fingerprint density at radius 3 is 1.62 bits per heavy atom. The van der Waals surface area contributed by atoms with E-state index in [1.165, 1.54) is 0 Å². The predicted molar refractivity (Wildman–Crippen MR) is 120 cm³/mol. The van der Waals surface area contributed by atoms with Gasteiger partial charge >= 0.3 is 0 Å². The van der Waals surface area contributed by atoms with Crippen molar-refractivity contribution in [3.8, 4) is 0 Å². The molecule has 3 nitrogen and oxygen atoms in total. The van der Waals surface area contributed by atoms with E-state index in [0.29, 0.717) is 0 Å². The molecule has 0 aliphatic rings. The average molecular weight is 394 g/mol. The number of anilines is 1. The Kier molecular flexibility index (Phi) is 4.54. The highest BCUT2D eigenvalue weighted by Crippen LogP contribution is 2.41. The topological polar surface area (TPSA) is 37.8 Å². The minimum atomic E-state index is -0.572. The quantitative estimate of drug-likeness (QED) is 0.367. The lowest BCUT2D eigenvalue weighted by Gasteiger charge is -2.36. The molecule has 0 amide bonds. The van der Waals surface area contributed by atoms with Crippen LogP contribution in [0.4, 0.5) is 5.13 Å². The molecule has 0 fully saturated rings. The van der Waals surface area contributed by atoms with Crippen LogP contribution in [0.1, 0.15) is 16.7 Å². The van der Waals surface area contributed by atoms with Gasteiger partial charge in [0.1, 0.15) is 15.9 Å². The Balaban J connectivity index is 1.77. The van der Waals surface area contributed by atoms with Crippen molar-refractivity contribution in [2.75, 3.05) is 5.32 Å². The summed E-state index contributed by atoms with van der Waals surface area (Å²) in [4.78, 5) is 10.2. The molecule has 0 aliphatic heterocycles. The van der Waals surface area contributed by atoms with Crippen LogP contribution in [0.15, 0.2) is 109 Å². The summed E-state index contributed by atoms with van der Waals surface area (Å²) in [6.45, 7) is 0. The maximum atomic E-state index is 4.82. The molecular weight excluding hydrogens is 374 g/mol. The molecule has 5 rings (SSSR count). The third-order valence-corrected chi connectivity index (χ3v) is 5.98. The van der Waals surface area contributed by atoms with Crippen molar-refractivity contribution in [3.05, 3.63) is 126 Å². The van der Waals surface area contributed by atoms with Crippen LogP contribution >= 0.6 is 11.3 Å². The molecule has 0 bridgehead atoms. The van der Waals surface area contributed by atoms with Crippen molar-refractivity contribution in [1.82, 2.24) is 9.97 Å². The summed E-state index contributed by atoms with van der Waals surface area (Å²) >= 11 is 1.57. The van der Waals surface area contributed by atoms with Crippen molar-refractivity contribution < 1.29 is 0 Å². The number of thiazole rings is 1. The van der Waals surface area contributed by atoms with E-state index < -0.39 is 5.54 Å². The van der Waals surface area contributed by atoms with Gasteiger partial charge in [-0.2, -0.15) is 0 Å². The van der Waals surface area contributed by atoms with Gasteiger partial charge in [-0.1, -0.05) is 102 Å². The number of nitrogens with one attached hydrogen (secondary N) is 1. The number of pyridine rings is 1. The molecule has 2 aromatic heterocycles. The van der Waals surface area contributed by atoms with E-state index in [0.717, 1.165) is 32.2 Å². The summed E-state index contributed by atoms with van der Waals surface area (Å²) in [5.41, 5.74) is 3.81. The van der Waals surface area contributed by atoms with Crippen LogP contribution in [0, 0.1) is 0 Å². The molecule has 0 atom stereocenters. The Morgan fingerprint density at radius 2 is 1.14 bits per heavy atom. The first kappa shape index (κ1) is 17.6. The van der Waals surface area contributed by atoms with Crippen molar-refractivity contribution >= 4 is 26.8 Å². The van der Waals surface area contributed by atoms with Gasteiger partial charge < -0.3 is 5.32 Å². The molecule has 0 aliphatic carbocycles. The molecule has 0 saturated heterocycles. The van der Waals surface area contributed by atoms with Crippen LogP contribution in [0.5, 0.6) is 0 Å². The summed E-state index contributed by atoms with van der Waals surface area (Å²) < 4.78 is 0. The fraction of sp³-hybridized carbons (Fsp3) is 0.0400. The number of nitrogens with zero attached hydrogens (tertiary/aromatic N) is 2. The van der Waals surface area contributed by atoms with Crippen LogP contribution in [0.25, 0.3) is 10.3 Å². The number of hydrogen-bond acceptors (Lipinski definition) is 4. The molecule has 2 heterocycles. The monoisotopic (exact) mass is 393 g/mol. The summed E-state index contributed by atoms with van der Waals surface area (Å²) in [5, 5.41) is 4.64. The van der Waals surface area contributed by atoms with E-state index in [4.69, 9.17) is 4.98 Å². The van der Waals surface area contributed by atoms with Gasteiger partial charge in [-0.15, -0.1) is 0 Å². The minimum Gasteiger partial charge on any atom is -0.344 e. The van der Waals surface area contributed by atoms with Gasteiger partial charge in [-0.25, -0.2) is 9.97 Å². The number of rotatable bonds is 5. The Morgan fingerprint density at radius 1 is 0.621 bits per heavy atom. The lowest BCUT2D eigenvalue weighted by Crippen LogP contribution is -2.38. The van der Waals surface area contributed by atoms with E-state index >= 15 is 0 Å². The van der Waals surface area contributed by atoms with Gasteiger partial charge in [-0.05, 0) is 28.8 Å². The van der Waals surface area contributed by atoms with Crippen LogP contribution in [0.2, 0.25) is 0 Å². The van der Waals surface area contributed by atoms with E-state index in [1.807, 2.05) is 36.5 Å². The molecule has 1 N–H and O–H groups in total. The Hall–Kier alpha value is -3.50. The van der Waals surface area contributed by atoms with E-state index in [1.54, 1.807) is 11.3 Å². The highest BCUT2D eigenvalue weighted by molar-refractivity contribution is 7.21. The number of benzene rings is 3. The fourth-order valence-corrected chi connectivity index (χ4v) is 4.63. The SMILES string of the molecule is c1ccc(C(Nc2nc3cccnc3s2)(c2ccccc2)c2ccccc2)cc1. The first-order chi connectivity index (χ1) is 14.4. The number of hydrogen-bond donors (Lipinski definition) is 1. The molecule has 0 spiro atoms. The number of aromatic nitrogens is 2. The van der Waals surface area contributed by atoms with E-state index in [9.17, 15) is 0 Å². The normalized spacial score (nSPS) is 11.4. The van der Waals surface area contributed by atoms with Crippen molar-refractivity contribution in [1.29, 1.82) is 0 Å². The van der Waals surface area contributed by atoms with E-state index in [-0.39, 0.29) is 0 Å². The predicted octanol–water partition coefficient (Wildman–Crippen LogP) is 6.10. The van der Waals surface area contributed by atoms with Gasteiger partial charge in [0.15, 0.2) is 5.13 Å². The van der Waals surface area contributed by atoms with Gasteiger partial charge in [0.2, 0.25) is 0 Å². The Labute approximate surface area is 173 Å². The van der Waals surface area contributed by atoms with Crippen LogP contribution in [0.3, 0.4) is 0 Å². The standard InChI is InChI=1S/C25H19N3S/c1-4-11-19(12-5-1)25(20-13-6-2-7-14-20,21-15-8-3-9-16-21)28-24-27-22-17-10-18-26-23(22)29-24/h1-18H,(H,27,28). The van der Waals surface area contributed by atoms with Gasteiger partial charge in [0.05, 0.1) is 0 Å². The summed E-state index contributed by atoms with van der Waals surface area (Å²) in [6, 6.07) is 35.5. The fourth-order valence-electron chi connectivity index (χ4n) is 3.76. The van der Waals surface area contributed by atoms with Gasteiger partial charge in [0.25, 0.3) is 0 Å². The highest BCUT2D eigenvalue weighted by atomic mass is 32.1. The Bertz CT molecular complexity index is 1090. The third kappa shape index (κ3) is 3.18. The molecule has 0 unspecified atom stereocenters. The molecule has 4 heteroatoms. The van der Waals surface area contributed by atoms with Crippen molar-refractivity contribution in [2.24, 2.45) is 0 Å². The summed E-state index contributed by atoms with van der Waals surface area (Å²) in [7, 11) is 0. The van der Waals surface area contributed by atoms with E-state index in [2.05, 4.69) is 83.1 Å². The zero-order chi connectivity index (χ0) is 19.5. The van der Waals surface area contributed by atoms with Gasteiger partial charge in [-0.3, -0.25) is 0 Å². The second-order valence-corrected chi connectivity index (χ2v) is 7.80. The average Bonchev–Trinajstić information content (AvgIpc) is 3.22. The summed E-state index contributed by atoms with van der Waals surface area (Å²) in [5.74, 6) is 0. The second kappa shape index (κ2) is 7.49. The molecule has 0 saturated carbocycles. The van der Waals surface area contributed by atoms with Crippen molar-refractivity contribution in [3.63, 3.8) is 0 Å². The molecular formula is C25H19N3S. The summed E-state index contributed by atoms with van der Waals surface area (Å²) in [6.07, 6.45) is 1.81. The van der Waals surface area contributed by atoms with Crippen molar-refractivity contribution in [2.45, 2.75) is 5.54 Å². The molecule has 5 aromatic rings. The maximum absolute atomic E-state index is 4.82. The van der Waals surface area contributed by atoms with Crippen LogP contribution < -0.4 is 5.32 Å². The van der Waals surface area contributed by atoms with Crippen LogP contribution in [-0.2, 0) is 5.54 Å². The first-order valence-electron chi connectivity index (χ1n) is 9.52. The molecule has 140 valence electrons.